The lowest BCUT2D eigenvalue weighted by Crippen LogP contribution is -2.49. The summed E-state index contributed by atoms with van der Waals surface area (Å²) in [6.07, 6.45) is 0.719. The highest BCUT2D eigenvalue weighted by Crippen LogP contribution is 2.32. The van der Waals surface area contributed by atoms with Crippen LogP contribution in [0.15, 0.2) is 0 Å². The molecule has 108 valence electrons. The average molecular weight is 271 g/mol. The average Bonchev–Trinajstić information content (AvgIpc) is 2.28. The molecule has 0 saturated carbocycles. The highest BCUT2D eigenvalue weighted by atomic mass is 16.4. The minimum Gasteiger partial charge on any atom is -0.481 e. The van der Waals surface area contributed by atoms with Gasteiger partial charge in [0, 0.05) is 13.1 Å². The third-order valence-corrected chi connectivity index (χ3v) is 3.89. The van der Waals surface area contributed by atoms with E-state index in [4.69, 9.17) is 10.2 Å². The number of carbonyl (C=O) groups is 3. The van der Waals surface area contributed by atoms with E-state index in [1.54, 1.807) is 20.8 Å². The van der Waals surface area contributed by atoms with Gasteiger partial charge in [0.15, 0.2) is 0 Å². The Hall–Kier alpha value is -1.59. The smallest absolute Gasteiger partial charge is 0.316 e. The molecule has 1 rings (SSSR count). The van der Waals surface area contributed by atoms with Crippen LogP contribution >= 0.6 is 0 Å². The summed E-state index contributed by atoms with van der Waals surface area (Å²) in [4.78, 5) is 35.9. The van der Waals surface area contributed by atoms with Gasteiger partial charge < -0.3 is 15.1 Å². The molecule has 1 aliphatic heterocycles. The molecule has 6 nitrogen and oxygen atoms in total. The van der Waals surface area contributed by atoms with Crippen molar-refractivity contribution >= 4 is 17.8 Å². The lowest BCUT2D eigenvalue weighted by atomic mass is 9.80. The van der Waals surface area contributed by atoms with Gasteiger partial charge in [-0.05, 0) is 25.7 Å². The summed E-state index contributed by atoms with van der Waals surface area (Å²) in [7, 11) is 0. The third-order valence-electron chi connectivity index (χ3n) is 3.89. The molecule has 19 heavy (non-hydrogen) atoms. The van der Waals surface area contributed by atoms with E-state index in [0.717, 1.165) is 0 Å². The van der Waals surface area contributed by atoms with Crippen molar-refractivity contribution in [2.75, 3.05) is 13.1 Å². The van der Waals surface area contributed by atoms with Crippen LogP contribution in [0, 0.1) is 17.3 Å². The van der Waals surface area contributed by atoms with E-state index >= 15 is 0 Å². The van der Waals surface area contributed by atoms with Crippen LogP contribution in [0.1, 0.15) is 33.6 Å². The minimum atomic E-state index is -1.12. The molecule has 0 aromatic heterocycles. The Labute approximate surface area is 112 Å². The van der Waals surface area contributed by atoms with E-state index in [0.29, 0.717) is 25.9 Å². The van der Waals surface area contributed by atoms with Crippen molar-refractivity contribution in [2.24, 2.45) is 17.3 Å². The molecular weight excluding hydrogens is 250 g/mol. The highest BCUT2D eigenvalue weighted by Gasteiger charge is 2.41. The molecule has 1 aliphatic rings. The lowest BCUT2D eigenvalue weighted by molar-refractivity contribution is -0.158. The Morgan fingerprint density at radius 2 is 1.58 bits per heavy atom. The summed E-state index contributed by atoms with van der Waals surface area (Å²) in [5.74, 6) is -3.72. The van der Waals surface area contributed by atoms with Gasteiger partial charge >= 0.3 is 11.9 Å². The topological polar surface area (TPSA) is 94.9 Å². The fourth-order valence-corrected chi connectivity index (χ4v) is 2.31. The molecule has 1 atom stereocenters. The zero-order chi connectivity index (χ0) is 14.8. The number of piperidine rings is 1. The first-order valence-corrected chi connectivity index (χ1v) is 6.44. The number of likely N-dealkylation sites (tertiary alicyclic amines) is 1. The maximum Gasteiger partial charge on any atom is 0.316 e. The van der Waals surface area contributed by atoms with E-state index in [1.165, 1.54) is 4.90 Å². The number of carboxylic acids is 2. The first kappa shape index (κ1) is 15.5. The number of amides is 1. The molecule has 1 amide bonds. The van der Waals surface area contributed by atoms with Crippen molar-refractivity contribution in [1.29, 1.82) is 0 Å². The fraction of sp³-hybridized carbons (Fsp3) is 0.769. The summed E-state index contributed by atoms with van der Waals surface area (Å²) in [6, 6.07) is 0. The molecule has 1 fully saturated rings. The van der Waals surface area contributed by atoms with Crippen LogP contribution in [0.5, 0.6) is 0 Å². The number of aliphatic carboxylic acids is 2. The molecule has 0 aliphatic carbocycles. The predicted octanol–water partition coefficient (Wildman–Crippen LogP) is 1.06. The summed E-state index contributed by atoms with van der Waals surface area (Å²) in [6.45, 7) is 5.66. The van der Waals surface area contributed by atoms with Crippen molar-refractivity contribution in [3.05, 3.63) is 0 Å². The van der Waals surface area contributed by atoms with E-state index < -0.39 is 29.2 Å². The molecule has 1 heterocycles. The van der Waals surface area contributed by atoms with E-state index in [2.05, 4.69) is 0 Å². The number of nitrogens with zero attached hydrogens (tertiary/aromatic N) is 1. The Bertz CT molecular complexity index is 382. The van der Waals surface area contributed by atoms with Gasteiger partial charge in [-0.3, -0.25) is 14.4 Å². The van der Waals surface area contributed by atoms with Crippen LogP contribution in [0.3, 0.4) is 0 Å². The van der Waals surface area contributed by atoms with Gasteiger partial charge in [-0.1, -0.05) is 13.8 Å². The van der Waals surface area contributed by atoms with Crippen LogP contribution in [0.25, 0.3) is 0 Å². The van der Waals surface area contributed by atoms with Crippen molar-refractivity contribution in [3.63, 3.8) is 0 Å². The van der Waals surface area contributed by atoms with Gasteiger partial charge in [0.05, 0.1) is 5.41 Å². The summed E-state index contributed by atoms with van der Waals surface area (Å²) in [5, 5.41) is 18.2. The SMILES string of the molecule is CC(C)C(C(=O)O)C(=O)N1CCC(C)(C(=O)O)CC1. The highest BCUT2D eigenvalue weighted by molar-refractivity contribution is 5.97. The van der Waals surface area contributed by atoms with Crippen LogP contribution in [-0.2, 0) is 14.4 Å². The van der Waals surface area contributed by atoms with Gasteiger partial charge in [0.1, 0.15) is 5.92 Å². The largest absolute Gasteiger partial charge is 0.481 e. The summed E-state index contributed by atoms with van der Waals surface area (Å²) < 4.78 is 0. The first-order chi connectivity index (χ1) is 8.69. The number of carboxylic acid groups (broad SMARTS) is 2. The molecule has 0 bridgehead atoms. The molecule has 0 spiro atoms. The predicted molar refractivity (Wildman–Crippen MR) is 67.5 cm³/mol. The van der Waals surface area contributed by atoms with Crippen molar-refractivity contribution in [2.45, 2.75) is 33.6 Å². The fourth-order valence-electron chi connectivity index (χ4n) is 2.31. The van der Waals surface area contributed by atoms with Crippen molar-refractivity contribution in [1.82, 2.24) is 4.90 Å². The van der Waals surface area contributed by atoms with Crippen LogP contribution < -0.4 is 0 Å². The quantitative estimate of drug-likeness (QED) is 0.745. The summed E-state index contributed by atoms with van der Waals surface area (Å²) in [5.41, 5.74) is -0.812. The summed E-state index contributed by atoms with van der Waals surface area (Å²) >= 11 is 0. The molecular formula is C13H21NO5. The second kappa shape index (κ2) is 5.59. The lowest BCUT2D eigenvalue weighted by Gasteiger charge is -2.37. The number of hydrogen-bond acceptors (Lipinski definition) is 3. The van der Waals surface area contributed by atoms with E-state index in [9.17, 15) is 14.4 Å². The molecule has 0 aromatic carbocycles. The van der Waals surface area contributed by atoms with E-state index in [1.807, 2.05) is 0 Å². The van der Waals surface area contributed by atoms with E-state index in [-0.39, 0.29) is 5.92 Å². The maximum absolute atomic E-state index is 12.2. The molecule has 6 heteroatoms. The standard InChI is InChI=1S/C13H21NO5/c1-8(2)9(11(16)17)10(15)14-6-4-13(3,5-7-14)12(18)19/h8-9H,4-7H2,1-3H3,(H,16,17)(H,18,19). The molecule has 0 radical (unpaired) electrons. The van der Waals surface area contributed by atoms with Gasteiger partial charge in [0.25, 0.3) is 0 Å². The number of rotatable bonds is 4. The molecule has 1 saturated heterocycles. The Morgan fingerprint density at radius 1 is 1.11 bits per heavy atom. The molecule has 0 aromatic rings. The normalized spacial score (nSPS) is 20.1. The third kappa shape index (κ3) is 3.24. The Kier molecular flexibility index (Phi) is 4.55. The van der Waals surface area contributed by atoms with Crippen LogP contribution in [0.2, 0.25) is 0 Å². The second-order valence-corrected chi connectivity index (χ2v) is 5.75. The van der Waals surface area contributed by atoms with Gasteiger partial charge in [-0.15, -0.1) is 0 Å². The minimum absolute atomic E-state index is 0.280. The first-order valence-electron chi connectivity index (χ1n) is 6.44. The van der Waals surface area contributed by atoms with Crippen molar-refractivity contribution < 1.29 is 24.6 Å². The van der Waals surface area contributed by atoms with Gasteiger partial charge in [-0.2, -0.15) is 0 Å². The Balaban J connectivity index is 2.72. The van der Waals surface area contributed by atoms with Crippen molar-refractivity contribution in [3.8, 4) is 0 Å². The molecule has 2 N–H and O–H groups in total. The number of hydrogen-bond donors (Lipinski definition) is 2. The Morgan fingerprint density at radius 3 is 1.89 bits per heavy atom. The number of carbonyl (C=O) groups excluding carboxylic acids is 1. The van der Waals surface area contributed by atoms with Gasteiger partial charge in [-0.25, -0.2) is 0 Å². The zero-order valence-corrected chi connectivity index (χ0v) is 11.5. The second-order valence-electron chi connectivity index (χ2n) is 5.75. The van der Waals surface area contributed by atoms with Crippen LogP contribution in [0.4, 0.5) is 0 Å². The monoisotopic (exact) mass is 271 g/mol. The van der Waals surface area contributed by atoms with Crippen LogP contribution in [-0.4, -0.2) is 46.0 Å². The zero-order valence-electron chi connectivity index (χ0n) is 11.5. The molecule has 1 unspecified atom stereocenters. The maximum atomic E-state index is 12.2. The van der Waals surface area contributed by atoms with Gasteiger partial charge in [0.2, 0.25) is 5.91 Å².